The van der Waals surface area contributed by atoms with Gasteiger partial charge in [0.25, 0.3) is 0 Å². The summed E-state index contributed by atoms with van der Waals surface area (Å²) in [5.74, 6) is 3.72. The smallest absolute Gasteiger partial charge is 0.214 e. The predicted octanol–water partition coefficient (Wildman–Crippen LogP) is 1.53. The summed E-state index contributed by atoms with van der Waals surface area (Å²) in [4.78, 5) is 0. The normalized spacial score (nSPS) is 26.9. The molecule has 2 aliphatic rings. The molecule has 19 heavy (non-hydrogen) atoms. The van der Waals surface area contributed by atoms with Crippen molar-refractivity contribution >= 4 is 21.8 Å². The number of hydrogen-bond donors (Lipinski definition) is 1. The summed E-state index contributed by atoms with van der Waals surface area (Å²) in [5.41, 5.74) is 0. The second kappa shape index (κ2) is 7.29. The van der Waals surface area contributed by atoms with Gasteiger partial charge >= 0.3 is 0 Å². The van der Waals surface area contributed by atoms with Gasteiger partial charge in [-0.15, -0.1) is 0 Å². The van der Waals surface area contributed by atoms with Crippen molar-refractivity contribution in [3.8, 4) is 0 Å². The average molecular weight is 306 g/mol. The quantitative estimate of drug-likeness (QED) is 0.808. The Balaban J connectivity index is 1.70. The Bertz CT molecular complexity index is 359. The van der Waals surface area contributed by atoms with E-state index in [2.05, 4.69) is 17.1 Å². The van der Waals surface area contributed by atoms with Crippen LogP contribution in [0.2, 0.25) is 0 Å². The zero-order valence-corrected chi connectivity index (χ0v) is 13.4. The van der Waals surface area contributed by atoms with Gasteiger partial charge in [0.05, 0.1) is 5.75 Å². The first-order valence-electron chi connectivity index (χ1n) is 7.40. The van der Waals surface area contributed by atoms with Crippen LogP contribution < -0.4 is 5.32 Å². The molecule has 2 saturated heterocycles. The standard InChI is InChI=1S/C13H26N2O2S2/c1-2-9-19(16,17)15-6-3-13(4-7-15)14-10-12-5-8-18-11-12/h12-14H,2-11H2,1H3. The summed E-state index contributed by atoms with van der Waals surface area (Å²) in [5, 5.41) is 3.63. The Morgan fingerprint density at radius 3 is 2.58 bits per heavy atom. The third-order valence-corrected chi connectivity index (χ3v) is 7.34. The maximum atomic E-state index is 12.0. The number of thioether (sulfide) groups is 1. The van der Waals surface area contributed by atoms with Crippen molar-refractivity contribution < 1.29 is 8.42 Å². The van der Waals surface area contributed by atoms with Crippen LogP contribution >= 0.6 is 11.8 Å². The molecule has 0 bridgehead atoms. The van der Waals surface area contributed by atoms with E-state index in [0.29, 0.717) is 31.3 Å². The van der Waals surface area contributed by atoms with Crippen molar-refractivity contribution in [3.63, 3.8) is 0 Å². The van der Waals surface area contributed by atoms with Gasteiger partial charge in [-0.3, -0.25) is 0 Å². The molecule has 6 heteroatoms. The lowest BCUT2D eigenvalue weighted by molar-refractivity contribution is 0.282. The fourth-order valence-electron chi connectivity index (χ4n) is 2.80. The maximum absolute atomic E-state index is 12.0. The lowest BCUT2D eigenvalue weighted by Crippen LogP contribution is -2.46. The third kappa shape index (κ3) is 4.62. The van der Waals surface area contributed by atoms with Crippen molar-refractivity contribution in [2.75, 3.05) is 36.9 Å². The summed E-state index contributed by atoms with van der Waals surface area (Å²) in [6.07, 6.45) is 3.97. The van der Waals surface area contributed by atoms with Gasteiger partial charge < -0.3 is 5.32 Å². The van der Waals surface area contributed by atoms with Crippen LogP contribution in [0.5, 0.6) is 0 Å². The first kappa shape index (κ1) is 15.6. The molecule has 0 radical (unpaired) electrons. The van der Waals surface area contributed by atoms with Gasteiger partial charge in [0.2, 0.25) is 10.0 Å². The van der Waals surface area contributed by atoms with Crippen molar-refractivity contribution in [1.82, 2.24) is 9.62 Å². The minimum absolute atomic E-state index is 0.296. The lowest BCUT2D eigenvalue weighted by atomic mass is 10.0. The highest BCUT2D eigenvalue weighted by Crippen LogP contribution is 2.23. The Morgan fingerprint density at radius 2 is 2.00 bits per heavy atom. The van der Waals surface area contributed by atoms with Crippen LogP contribution in [0.4, 0.5) is 0 Å². The zero-order valence-electron chi connectivity index (χ0n) is 11.8. The number of piperidine rings is 1. The van der Waals surface area contributed by atoms with Crippen LogP contribution in [0.25, 0.3) is 0 Å². The molecule has 0 saturated carbocycles. The van der Waals surface area contributed by atoms with Gasteiger partial charge in [-0.05, 0) is 49.7 Å². The number of nitrogens with zero attached hydrogens (tertiary/aromatic N) is 1. The van der Waals surface area contributed by atoms with Crippen LogP contribution in [-0.2, 0) is 10.0 Å². The van der Waals surface area contributed by atoms with E-state index in [9.17, 15) is 8.42 Å². The predicted molar refractivity (Wildman–Crippen MR) is 82.1 cm³/mol. The van der Waals surface area contributed by atoms with Gasteiger partial charge in [-0.25, -0.2) is 12.7 Å². The summed E-state index contributed by atoms with van der Waals surface area (Å²) in [6, 6.07) is 0.513. The van der Waals surface area contributed by atoms with Crippen LogP contribution in [0.1, 0.15) is 32.6 Å². The van der Waals surface area contributed by atoms with Crippen LogP contribution in [0.15, 0.2) is 0 Å². The minimum Gasteiger partial charge on any atom is -0.314 e. The Labute approximate surface area is 121 Å². The summed E-state index contributed by atoms with van der Waals surface area (Å²) in [6.45, 7) is 4.42. The van der Waals surface area contributed by atoms with Gasteiger partial charge in [0.15, 0.2) is 0 Å². The molecule has 1 unspecified atom stereocenters. The fourth-order valence-corrected chi connectivity index (χ4v) is 5.63. The topological polar surface area (TPSA) is 49.4 Å². The van der Waals surface area contributed by atoms with E-state index in [0.717, 1.165) is 25.3 Å². The largest absolute Gasteiger partial charge is 0.314 e. The van der Waals surface area contributed by atoms with Crippen molar-refractivity contribution in [2.24, 2.45) is 5.92 Å². The van der Waals surface area contributed by atoms with Gasteiger partial charge in [0, 0.05) is 19.1 Å². The van der Waals surface area contributed by atoms with E-state index in [1.165, 1.54) is 17.9 Å². The number of sulfonamides is 1. The molecule has 0 amide bonds. The van der Waals surface area contributed by atoms with Crippen molar-refractivity contribution in [3.05, 3.63) is 0 Å². The minimum atomic E-state index is -2.99. The first-order chi connectivity index (χ1) is 9.12. The molecule has 0 aromatic carbocycles. The molecule has 2 aliphatic heterocycles. The Hall–Kier alpha value is 0.220. The van der Waals surface area contributed by atoms with Crippen molar-refractivity contribution in [1.29, 1.82) is 0 Å². The van der Waals surface area contributed by atoms with E-state index < -0.39 is 10.0 Å². The molecule has 1 N–H and O–H groups in total. The Morgan fingerprint density at radius 1 is 1.26 bits per heavy atom. The molecule has 2 heterocycles. The highest BCUT2D eigenvalue weighted by Gasteiger charge is 2.27. The summed E-state index contributed by atoms with van der Waals surface area (Å²) in [7, 11) is -2.99. The highest BCUT2D eigenvalue weighted by atomic mass is 32.2. The van der Waals surface area contributed by atoms with Crippen molar-refractivity contribution in [2.45, 2.75) is 38.6 Å². The number of nitrogens with one attached hydrogen (secondary N) is 1. The first-order valence-corrected chi connectivity index (χ1v) is 10.2. The molecular weight excluding hydrogens is 280 g/mol. The third-order valence-electron chi connectivity index (χ3n) is 4.03. The molecule has 2 rings (SSSR count). The zero-order chi connectivity index (χ0) is 13.7. The van der Waals surface area contributed by atoms with E-state index in [-0.39, 0.29) is 0 Å². The molecule has 1 atom stereocenters. The molecule has 0 aliphatic carbocycles. The lowest BCUT2D eigenvalue weighted by Gasteiger charge is -2.32. The van der Waals surface area contributed by atoms with Crippen LogP contribution in [0, 0.1) is 5.92 Å². The van der Waals surface area contributed by atoms with E-state index in [4.69, 9.17) is 0 Å². The fraction of sp³-hybridized carbons (Fsp3) is 1.00. The second-order valence-corrected chi connectivity index (χ2v) is 8.87. The monoisotopic (exact) mass is 306 g/mol. The molecule has 0 aromatic rings. The molecular formula is C13H26N2O2S2. The number of hydrogen-bond acceptors (Lipinski definition) is 4. The molecule has 0 aromatic heterocycles. The maximum Gasteiger partial charge on any atom is 0.214 e. The average Bonchev–Trinajstić information content (AvgIpc) is 2.90. The molecule has 0 spiro atoms. The van der Waals surface area contributed by atoms with Gasteiger partial charge in [-0.1, -0.05) is 6.92 Å². The summed E-state index contributed by atoms with van der Waals surface area (Å²) < 4.78 is 25.6. The molecule has 2 fully saturated rings. The molecule has 112 valence electrons. The van der Waals surface area contributed by atoms with Gasteiger partial charge in [0.1, 0.15) is 0 Å². The second-order valence-electron chi connectivity index (χ2n) is 5.63. The van der Waals surface area contributed by atoms with E-state index >= 15 is 0 Å². The van der Waals surface area contributed by atoms with Crippen LogP contribution in [0.3, 0.4) is 0 Å². The van der Waals surface area contributed by atoms with Crippen LogP contribution in [-0.4, -0.2) is 55.7 Å². The highest BCUT2D eigenvalue weighted by molar-refractivity contribution is 7.99. The summed E-state index contributed by atoms with van der Waals surface area (Å²) >= 11 is 2.05. The Kier molecular flexibility index (Phi) is 5.99. The SMILES string of the molecule is CCCS(=O)(=O)N1CCC(NCC2CCSC2)CC1. The van der Waals surface area contributed by atoms with E-state index in [1.807, 2.05) is 6.92 Å². The van der Waals surface area contributed by atoms with E-state index in [1.54, 1.807) is 4.31 Å². The van der Waals surface area contributed by atoms with Gasteiger partial charge in [-0.2, -0.15) is 11.8 Å². The number of rotatable bonds is 6. The molecule has 4 nitrogen and oxygen atoms in total.